The lowest BCUT2D eigenvalue weighted by atomic mass is 10.00. The number of ketones is 1. The Hall–Kier alpha value is -2.24. The summed E-state index contributed by atoms with van der Waals surface area (Å²) in [6.45, 7) is 1.75. The van der Waals surface area contributed by atoms with Gasteiger partial charge in [0, 0.05) is 10.6 Å². The van der Waals surface area contributed by atoms with Crippen molar-refractivity contribution < 1.29 is 24.5 Å². The van der Waals surface area contributed by atoms with Gasteiger partial charge in [0.25, 0.3) is 0 Å². The van der Waals surface area contributed by atoms with Crippen LogP contribution in [0.3, 0.4) is 0 Å². The van der Waals surface area contributed by atoms with Crippen molar-refractivity contribution in [3.8, 4) is 11.5 Å². The maximum absolute atomic E-state index is 12.5. The van der Waals surface area contributed by atoms with Gasteiger partial charge in [0.05, 0.1) is 17.2 Å². The van der Waals surface area contributed by atoms with Crippen LogP contribution in [0, 0.1) is 0 Å². The molecular weight excluding hydrogens is 343 g/mol. The van der Waals surface area contributed by atoms with Gasteiger partial charge in [-0.2, -0.15) is 0 Å². The van der Waals surface area contributed by atoms with Crippen LogP contribution in [0.25, 0.3) is 0 Å². The number of phenolic OH excluding ortho intramolecular Hbond substituents is 2. The molecule has 2 rings (SSSR count). The van der Waals surface area contributed by atoms with Gasteiger partial charge >= 0.3 is 5.97 Å². The van der Waals surface area contributed by atoms with Crippen molar-refractivity contribution in [2.75, 3.05) is 6.61 Å². The van der Waals surface area contributed by atoms with Gasteiger partial charge in [0.2, 0.25) is 0 Å². The minimum atomic E-state index is -0.756. The minimum absolute atomic E-state index is 0.0646. The zero-order chi connectivity index (χ0) is 17.1. The number of esters is 1. The maximum atomic E-state index is 12.5. The molecule has 23 heavy (non-hydrogen) atoms. The number of rotatable bonds is 4. The summed E-state index contributed by atoms with van der Waals surface area (Å²) in [7, 11) is 0. The van der Waals surface area contributed by atoms with E-state index in [-0.39, 0.29) is 39.1 Å². The van der Waals surface area contributed by atoms with Crippen LogP contribution in [0.2, 0.25) is 10.0 Å². The Kier molecular flexibility index (Phi) is 5.13. The second-order valence-electron chi connectivity index (χ2n) is 4.57. The summed E-state index contributed by atoms with van der Waals surface area (Å²) >= 11 is 11.6. The Labute approximate surface area is 142 Å². The zero-order valence-corrected chi connectivity index (χ0v) is 13.5. The van der Waals surface area contributed by atoms with Gasteiger partial charge in [-0.15, -0.1) is 0 Å². The first-order valence-electron chi connectivity index (χ1n) is 6.58. The number of phenols is 2. The fourth-order valence-corrected chi connectivity index (χ4v) is 2.44. The minimum Gasteiger partial charge on any atom is -0.507 e. The third kappa shape index (κ3) is 3.57. The topological polar surface area (TPSA) is 83.8 Å². The third-order valence-electron chi connectivity index (χ3n) is 3.03. The third-order valence-corrected chi connectivity index (χ3v) is 3.53. The molecule has 2 aromatic rings. The van der Waals surface area contributed by atoms with E-state index in [4.69, 9.17) is 27.9 Å². The van der Waals surface area contributed by atoms with E-state index in [2.05, 4.69) is 0 Å². The Morgan fingerprint density at radius 3 is 2.43 bits per heavy atom. The highest BCUT2D eigenvalue weighted by Gasteiger charge is 2.20. The number of hydrogen-bond donors (Lipinski definition) is 2. The molecule has 2 N–H and O–H groups in total. The van der Waals surface area contributed by atoms with Crippen LogP contribution in [0.1, 0.15) is 33.2 Å². The highest BCUT2D eigenvalue weighted by atomic mass is 35.5. The predicted molar refractivity (Wildman–Crippen MR) is 85.6 cm³/mol. The predicted octanol–water partition coefficient (Wildman–Crippen LogP) is 3.81. The zero-order valence-electron chi connectivity index (χ0n) is 12.0. The number of ether oxygens (including phenoxy) is 1. The number of hydrogen-bond acceptors (Lipinski definition) is 5. The lowest BCUT2D eigenvalue weighted by Gasteiger charge is -2.09. The lowest BCUT2D eigenvalue weighted by molar-refractivity contribution is 0.0523. The van der Waals surface area contributed by atoms with Gasteiger partial charge in [0.15, 0.2) is 5.78 Å². The van der Waals surface area contributed by atoms with Crippen LogP contribution in [-0.4, -0.2) is 28.6 Å². The highest BCUT2D eigenvalue weighted by Crippen LogP contribution is 2.33. The Morgan fingerprint density at radius 2 is 1.78 bits per heavy atom. The second kappa shape index (κ2) is 6.89. The van der Waals surface area contributed by atoms with Crippen LogP contribution < -0.4 is 0 Å². The van der Waals surface area contributed by atoms with Crippen LogP contribution in [0.15, 0.2) is 30.3 Å². The SMILES string of the molecule is CCOC(=O)c1cc(C(=O)c2cc(Cl)cc(Cl)c2O)ccc1O. The number of benzene rings is 2. The van der Waals surface area contributed by atoms with Crippen molar-refractivity contribution in [3.63, 3.8) is 0 Å². The molecule has 0 bridgehead atoms. The molecule has 0 fully saturated rings. The average molecular weight is 355 g/mol. The molecular formula is C16H12Cl2O5. The molecule has 0 radical (unpaired) electrons. The largest absolute Gasteiger partial charge is 0.507 e. The molecule has 7 heteroatoms. The summed E-state index contributed by atoms with van der Waals surface area (Å²) in [6.07, 6.45) is 0. The van der Waals surface area contributed by atoms with Gasteiger partial charge < -0.3 is 14.9 Å². The van der Waals surface area contributed by atoms with E-state index in [9.17, 15) is 19.8 Å². The molecule has 0 aliphatic rings. The average Bonchev–Trinajstić information content (AvgIpc) is 2.50. The van der Waals surface area contributed by atoms with E-state index in [1.165, 1.54) is 30.3 Å². The number of halogens is 2. The standard InChI is InChI=1S/C16H12Cl2O5/c1-2-23-16(22)10-5-8(3-4-13(10)19)14(20)11-6-9(17)7-12(18)15(11)21/h3-7,19,21H,2H2,1H3. The fraction of sp³-hybridized carbons (Fsp3) is 0.125. The molecule has 120 valence electrons. The van der Waals surface area contributed by atoms with E-state index >= 15 is 0 Å². The van der Waals surface area contributed by atoms with E-state index in [0.717, 1.165) is 0 Å². The molecule has 5 nitrogen and oxygen atoms in total. The first kappa shape index (κ1) is 17.1. The van der Waals surface area contributed by atoms with Gasteiger partial charge in [-0.25, -0.2) is 4.79 Å². The van der Waals surface area contributed by atoms with Gasteiger partial charge in [0.1, 0.15) is 17.1 Å². The fourth-order valence-electron chi connectivity index (χ4n) is 1.94. The smallest absolute Gasteiger partial charge is 0.341 e. The summed E-state index contributed by atoms with van der Waals surface area (Å²) < 4.78 is 4.81. The van der Waals surface area contributed by atoms with Crippen molar-refractivity contribution >= 4 is 35.0 Å². The molecule has 0 aliphatic carbocycles. The summed E-state index contributed by atoms with van der Waals surface area (Å²) in [5, 5.41) is 19.8. The van der Waals surface area contributed by atoms with E-state index < -0.39 is 17.5 Å². The van der Waals surface area contributed by atoms with Crippen molar-refractivity contribution in [3.05, 3.63) is 57.1 Å². The molecule has 0 spiro atoms. The van der Waals surface area contributed by atoms with Crippen molar-refractivity contribution in [1.29, 1.82) is 0 Å². The first-order valence-corrected chi connectivity index (χ1v) is 7.33. The quantitative estimate of drug-likeness (QED) is 0.644. The van der Waals surface area contributed by atoms with Crippen molar-refractivity contribution in [2.45, 2.75) is 6.92 Å². The van der Waals surface area contributed by atoms with E-state index in [1.54, 1.807) is 6.92 Å². The molecule has 0 amide bonds. The Morgan fingerprint density at radius 1 is 1.09 bits per heavy atom. The van der Waals surface area contributed by atoms with Crippen molar-refractivity contribution in [1.82, 2.24) is 0 Å². The molecule has 0 aliphatic heterocycles. The van der Waals surface area contributed by atoms with Crippen LogP contribution in [0.4, 0.5) is 0 Å². The van der Waals surface area contributed by atoms with Gasteiger partial charge in [-0.1, -0.05) is 23.2 Å². The Bertz CT molecular complexity index is 786. The molecule has 0 saturated carbocycles. The summed E-state index contributed by atoms with van der Waals surface area (Å²) in [5.41, 5.74) is -0.187. The summed E-state index contributed by atoms with van der Waals surface area (Å²) in [6, 6.07) is 6.26. The van der Waals surface area contributed by atoms with Crippen LogP contribution in [-0.2, 0) is 4.74 Å². The summed E-state index contributed by atoms with van der Waals surface area (Å²) in [5.74, 6) is -2.08. The van der Waals surface area contributed by atoms with Crippen molar-refractivity contribution in [2.24, 2.45) is 0 Å². The molecule has 0 saturated heterocycles. The monoisotopic (exact) mass is 354 g/mol. The highest BCUT2D eigenvalue weighted by molar-refractivity contribution is 6.36. The maximum Gasteiger partial charge on any atom is 0.341 e. The number of aromatic hydroxyl groups is 2. The van der Waals surface area contributed by atoms with E-state index in [0.29, 0.717) is 0 Å². The second-order valence-corrected chi connectivity index (χ2v) is 5.41. The molecule has 0 atom stereocenters. The lowest BCUT2D eigenvalue weighted by Crippen LogP contribution is -2.08. The molecule has 0 aromatic heterocycles. The Balaban J connectivity index is 2.49. The van der Waals surface area contributed by atoms with Crippen LogP contribution in [0.5, 0.6) is 11.5 Å². The number of carbonyl (C=O) groups excluding carboxylic acids is 2. The van der Waals surface area contributed by atoms with Gasteiger partial charge in [-0.3, -0.25) is 4.79 Å². The first-order chi connectivity index (χ1) is 10.8. The molecule has 2 aromatic carbocycles. The van der Waals surface area contributed by atoms with Gasteiger partial charge in [-0.05, 0) is 37.3 Å². The molecule has 0 heterocycles. The van der Waals surface area contributed by atoms with Crippen LogP contribution >= 0.6 is 23.2 Å². The molecule has 0 unspecified atom stereocenters. The van der Waals surface area contributed by atoms with E-state index in [1.807, 2.05) is 0 Å². The summed E-state index contributed by atoms with van der Waals surface area (Å²) in [4.78, 5) is 24.3. The normalized spacial score (nSPS) is 10.4. The number of carbonyl (C=O) groups is 2.